The van der Waals surface area contributed by atoms with E-state index in [0.717, 1.165) is 31.4 Å². The van der Waals surface area contributed by atoms with E-state index in [9.17, 15) is 26.4 Å². The van der Waals surface area contributed by atoms with Crippen molar-refractivity contribution in [3.8, 4) is 0 Å². The molecule has 1 N–H and O–H groups in total. The molecule has 2 aromatic rings. The molecular formula is C22H25F3N2O3S. The van der Waals surface area contributed by atoms with Crippen LogP contribution >= 0.6 is 0 Å². The lowest BCUT2D eigenvalue weighted by atomic mass is 10.1. The van der Waals surface area contributed by atoms with Gasteiger partial charge in [-0.2, -0.15) is 17.5 Å². The molecule has 0 aromatic heterocycles. The van der Waals surface area contributed by atoms with Crippen LogP contribution in [0.3, 0.4) is 0 Å². The summed E-state index contributed by atoms with van der Waals surface area (Å²) in [6.07, 6.45) is -1.38. The number of rotatable bonds is 6. The van der Waals surface area contributed by atoms with E-state index in [4.69, 9.17) is 0 Å². The zero-order chi connectivity index (χ0) is 22.6. The Kier molecular flexibility index (Phi) is 7.06. The number of benzene rings is 2. The van der Waals surface area contributed by atoms with E-state index in [1.807, 2.05) is 0 Å². The second kappa shape index (κ2) is 9.40. The molecule has 0 unspecified atom stereocenters. The van der Waals surface area contributed by atoms with Gasteiger partial charge in [0, 0.05) is 25.2 Å². The van der Waals surface area contributed by atoms with Crippen LogP contribution in [-0.2, 0) is 22.6 Å². The maximum absolute atomic E-state index is 12.9. The van der Waals surface area contributed by atoms with E-state index >= 15 is 0 Å². The third-order valence-electron chi connectivity index (χ3n) is 5.39. The van der Waals surface area contributed by atoms with Crippen molar-refractivity contribution in [2.75, 3.05) is 19.6 Å². The van der Waals surface area contributed by atoms with Crippen LogP contribution < -0.4 is 5.32 Å². The molecule has 2 aromatic carbocycles. The van der Waals surface area contributed by atoms with Crippen molar-refractivity contribution < 1.29 is 26.4 Å². The predicted octanol–water partition coefficient (Wildman–Crippen LogP) is 4.16. The number of halogens is 3. The van der Waals surface area contributed by atoms with Crippen molar-refractivity contribution in [3.63, 3.8) is 0 Å². The molecule has 5 nitrogen and oxygen atoms in total. The van der Waals surface area contributed by atoms with Gasteiger partial charge < -0.3 is 5.32 Å². The number of carbonyl (C=O) groups excluding carboxylic acids is 1. The molecule has 1 heterocycles. The minimum absolute atomic E-state index is 0.0906. The molecule has 0 bridgehead atoms. The summed E-state index contributed by atoms with van der Waals surface area (Å²) in [7, 11) is -3.65. The van der Waals surface area contributed by atoms with E-state index in [2.05, 4.69) is 5.32 Å². The van der Waals surface area contributed by atoms with Gasteiger partial charge in [0.25, 0.3) is 5.91 Å². The van der Waals surface area contributed by atoms with Crippen LogP contribution in [0.5, 0.6) is 0 Å². The number of amides is 1. The molecule has 1 fully saturated rings. The van der Waals surface area contributed by atoms with Gasteiger partial charge in [0.05, 0.1) is 10.5 Å². The Labute approximate surface area is 180 Å². The van der Waals surface area contributed by atoms with Crippen molar-refractivity contribution in [1.29, 1.82) is 0 Å². The lowest BCUT2D eigenvalue weighted by Crippen LogP contribution is -2.35. The maximum Gasteiger partial charge on any atom is 0.416 e. The van der Waals surface area contributed by atoms with Crippen LogP contribution in [0.15, 0.2) is 47.4 Å². The van der Waals surface area contributed by atoms with Gasteiger partial charge in [-0.3, -0.25) is 4.79 Å². The fourth-order valence-electron chi connectivity index (χ4n) is 3.54. The van der Waals surface area contributed by atoms with Crippen molar-refractivity contribution in [2.45, 2.75) is 43.7 Å². The number of piperidine rings is 1. The van der Waals surface area contributed by atoms with E-state index < -0.39 is 27.7 Å². The first kappa shape index (κ1) is 23.3. The molecule has 0 radical (unpaired) electrons. The summed E-state index contributed by atoms with van der Waals surface area (Å²) in [4.78, 5) is 12.7. The van der Waals surface area contributed by atoms with Crippen molar-refractivity contribution in [3.05, 3.63) is 64.7 Å². The lowest BCUT2D eigenvalue weighted by Gasteiger charge is -2.26. The zero-order valence-electron chi connectivity index (χ0n) is 17.2. The Morgan fingerprint density at radius 1 is 1.03 bits per heavy atom. The monoisotopic (exact) mass is 454 g/mol. The standard InChI is InChI=1S/C22H25F3N2O3S/c1-16-5-10-19(31(29,30)27-13-3-2-4-14-27)15-20(16)21(28)26-12-11-17-6-8-18(9-7-17)22(23,24)25/h5-10,15H,2-4,11-14H2,1H3,(H,26,28). The molecule has 0 aliphatic carbocycles. The van der Waals surface area contributed by atoms with Crippen LogP contribution in [-0.4, -0.2) is 38.3 Å². The molecule has 9 heteroatoms. The van der Waals surface area contributed by atoms with Gasteiger partial charge in [-0.1, -0.05) is 24.6 Å². The van der Waals surface area contributed by atoms with E-state index in [1.165, 1.54) is 28.6 Å². The number of hydrogen-bond acceptors (Lipinski definition) is 3. The third-order valence-corrected chi connectivity index (χ3v) is 7.28. The van der Waals surface area contributed by atoms with Crippen LogP contribution in [0.25, 0.3) is 0 Å². The summed E-state index contributed by atoms with van der Waals surface area (Å²) < 4.78 is 65.1. The number of sulfonamides is 1. The average Bonchev–Trinajstić information content (AvgIpc) is 2.74. The summed E-state index contributed by atoms with van der Waals surface area (Å²) in [6, 6.07) is 9.30. The van der Waals surface area contributed by atoms with Gasteiger partial charge in [0.2, 0.25) is 10.0 Å². The first-order valence-corrected chi connectivity index (χ1v) is 11.6. The van der Waals surface area contributed by atoms with Gasteiger partial charge in [-0.25, -0.2) is 8.42 Å². The van der Waals surface area contributed by atoms with Gasteiger partial charge in [0.15, 0.2) is 0 Å². The Morgan fingerprint density at radius 2 is 1.68 bits per heavy atom. The van der Waals surface area contributed by atoms with E-state index in [0.29, 0.717) is 30.6 Å². The summed E-state index contributed by atoms with van der Waals surface area (Å²) in [5.74, 6) is -0.417. The van der Waals surface area contributed by atoms with E-state index in [-0.39, 0.29) is 17.0 Å². The van der Waals surface area contributed by atoms with Crippen LogP contribution in [0.2, 0.25) is 0 Å². The Morgan fingerprint density at radius 3 is 2.29 bits per heavy atom. The highest BCUT2D eigenvalue weighted by atomic mass is 32.2. The quantitative estimate of drug-likeness (QED) is 0.713. The predicted molar refractivity (Wildman–Crippen MR) is 111 cm³/mol. The summed E-state index contributed by atoms with van der Waals surface area (Å²) in [6.45, 7) is 2.89. The Bertz CT molecular complexity index is 1030. The van der Waals surface area contributed by atoms with Crippen LogP contribution in [0.1, 0.15) is 46.3 Å². The second-order valence-electron chi connectivity index (χ2n) is 7.64. The Hall–Kier alpha value is -2.39. The van der Waals surface area contributed by atoms with Gasteiger partial charge in [-0.15, -0.1) is 0 Å². The van der Waals surface area contributed by atoms with Crippen LogP contribution in [0.4, 0.5) is 13.2 Å². The fraction of sp³-hybridized carbons (Fsp3) is 0.409. The van der Waals surface area contributed by atoms with Crippen molar-refractivity contribution >= 4 is 15.9 Å². The largest absolute Gasteiger partial charge is 0.416 e. The number of carbonyl (C=O) groups is 1. The highest BCUT2D eigenvalue weighted by Gasteiger charge is 2.30. The van der Waals surface area contributed by atoms with Crippen molar-refractivity contribution in [2.24, 2.45) is 0 Å². The smallest absolute Gasteiger partial charge is 0.352 e. The zero-order valence-corrected chi connectivity index (χ0v) is 18.0. The second-order valence-corrected chi connectivity index (χ2v) is 9.58. The van der Waals surface area contributed by atoms with Crippen molar-refractivity contribution in [1.82, 2.24) is 9.62 Å². The van der Waals surface area contributed by atoms with Crippen LogP contribution in [0, 0.1) is 6.92 Å². The average molecular weight is 455 g/mol. The molecule has 1 amide bonds. The highest BCUT2D eigenvalue weighted by Crippen LogP contribution is 2.29. The number of nitrogens with one attached hydrogen (secondary N) is 1. The molecule has 168 valence electrons. The minimum Gasteiger partial charge on any atom is -0.352 e. The van der Waals surface area contributed by atoms with Gasteiger partial charge in [-0.05, 0) is 61.6 Å². The molecule has 3 rings (SSSR count). The molecule has 1 aliphatic rings. The molecule has 0 saturated carbocycles. The molecule has 1 aliphatic heterocycles. The van der Waals surface area contributed by atoms with Gasteiger partial charge in [0.1, 0.15) is 0 Å². The topological polar surface area (TPSA) is 66.5 Å². The first-order chi connectivity index (χ1) is 14.6. The summed E-state index contributed by atoms with van der Waals surface area (Å²) >= 11 is 0. The first-order valence-electron chi connectivity index (χ1n) is 10.1. The molecule has 0 spiro atoms. The lowest BCUT2D eigenvalue weighted by molar-refractivity contribution is -0.137. The number of nitrogens with zero attached hydrogens (tertiary/aromatic N) is 1. The normalized spacial score (nSPS) is 15.6. The number of alkyl halides is 3. The SMILES string of the molecule is Cc1ccc(S(=O)(=O)N2CCCCC2)cc1C(=O)NCCc1ccc(C(F)(F)F)cc1. The Balaban J connectivity index is 1.65. The number of aryl methyl sites for hydroxylation is 1. The van der Waals surface area contributed by atoms with E-state index in [1.54, 1.807) is 13.0 Å². The highest BCUT2D eigenvalue weighted by molar-refractivity contribution is 7.89. The summed E-state index contributed by atoms with van der Waals surface area (Å²) in [5.41, 5.74) is 0.851. The fourth-order valence-corrected chi connectivity index (χ4v) is 5.08. The molecule has 31 heavy (non-hydrogen) atoms. The molecular weight excluding hydrogens is 429 g/mol. The number of hydrogen-bond donors (Lipinski definition) is 1. The summed E-state index contributed by atoms with van der Waals surface area (Å²) in [5, 5.41) is 2.72. The molecule has 1 saturated heterocycles. The maximum atomic E-state index is 12.9. The minimum atomic E-state index is -4.39. The molecule has 0 atom stereocenters. The third kappa shape index (κ3) is 5.65. The van der Waals surface area contributed by atoms with Gasteiger partial charge >= 0.3 is 6.18 Å².